The molecule has 1 amide bonds. The Hall–Kier alpha value is -3.15. The molecule has 2 aromatic heterocycles. The summed E-state index contributed by atoms with van der Waals surface area (Å²) < 4.78 is 0. The van der Waals surface area contributed by atoms with Gasteiger partial charge in [0.2, 0.25) is 0 Å². The number of carbonyl (C=O) groups excluding carboxylic acids is 1. The predicted molar refractivity (Wildman–Crippen MR) is 106 cm³/mol. The van der Waals surface area contributed by atoms with E-state index in [9.17, 15) is 4.79 Å². The Bertz CT molecular complexity index is 1100. The standard InChI is InChI=1S/C21H21N5O/c1-12-20-25-19-14(7-5-8-16(19)23-12)17-10-15-18(24-17)13(11-22-21(15)27)6-3-4-9-26(20)2/h3-5,7-8,10,13,24H,6,9,11H2,1-2H3,(H,22,27)/b4-3+/t13-/m1/s1. The molecule has 2 aliphatic rings. The Morgan fingerprint density at radius 1 is 1.19 bits per heavy atom. The summed E-state index contributed by atoms with van der Waals surface area (Å²) >= 11 is 0. The fourth-order valence-corrected chi connectivity index (χ4v) is 4.05. The quantitative estimate of drug-likeness (QED) is 0.605. The largest absolute Gasteiger partial charge is 0.357 e. The Labute approximate surface area is 157 Å². The third kappa shape index (κ3) is 2.51. The number of hydrogen-bond donors (Lipinski definition) is 2. The van der Waals surface area contributed by atoms with Crippen molar-refractivity contribution in [1.29, 1.82) is 0 Å². The van der Waals surface area contributed by atoms with E-state index in [0.717, 1.165) is 58.0 Å². The minimum atomic E-state index is -0.0117. The van der Waals surface area contributed by atoms with Crippen LogP contribution in [0.4, 0.5) is 5.82 Å². The van der Waals surface area contributed by atoms with Gasteiger partial charge in [0.1, 0.15) is 5.52 Å². The number of amides is 1. The van der Waals surface area contributed by atoms with Gasteiger partial charge in [-0.2, -0.15) is 0 Å². The van der Waals surface area contributed by atoms with E-state index in [2.05, 4.69) is 27.4 Å². The number of nitrogens with zero attached hydrogens (tertiary/aromatic N) is 3. The van der Waals surface area contributed by atoms with Crippen molar-refractivity contribution in [1.82, 2.24) is 20.3 Å². The van der Waals surface area contributed by atoms with E-state index >= 15 is 0 Å². The number of rotatable bonds is 0. The summed E-state index contributed by atoms with van der Waals surface area (Å²) in [5, 5.41) is 3.01. The monoisotopic (exact) mass is 359 g/mol. The van der Waals surface area contributed by atoms with Crippen molar-refractivity contribution in [3.8, 4) is 11.3 Å². The molecule has 0 saturated heterocycles. The topological polar surface area (TPSA) is 73.9 Å². The molecule has 4 heterocycles. The highest BCUT2D eigenvalue weighted by Crippen LogP contribution is 2.34. The number of aryl methyl sites for hydroxylation is 1. The van der Waals surface area contributed by atoms with Gasteiger partial charge in [-0.05, 0) is 25.5 Å². The van der Waals surface area contributed by atoms with Crippen molar-refractivity contribution < 1.29 is 4.79 Å². The average molecular weight is 359 g/mol. The van der Waals surface area contributed by atoms with Crippen LogP contribution in [-0.4, -0.2) is 41.0 Å². The first kappa shape index (κ1) is 16.1. The second kappa shape index (κ2) is 5.94. The van der Waals surface area contributed by atoms with Crippen molar-refractivity contribution in [3.05, 3.63) is 53.4 Å². The van der Waals surface area contributed by atoms with E-state index in [1.54, 1.807) is 0 Å². The lowest BCUT2D eigenvalue weighted by atomic mass is 9.94. The van der Waals surface area contributed by atoms with Gasteiger partial charge >= 0.3 is 0 Å². The molecule has 2 aliphatic heterocycles. The average Bonchev–Trinajstić information content (AvgIpc) is 3.11. The predicted octanol–water partition coefficient (Wildman–Crippen LogP) is 3.16. The number of fused-ring (bicyclic) bond motifs is 3. The third-order valence-electron chi connectivity index (χ3n) is 5.47. The molecule has 4 bridgehead atoms. The Kier molecular flexibility index (Phi) is 3.53. The molecule has 0 spiro atoms. The van der Waals surface area contributed by atoms with Crippen LogP contribution in [0, 0.1) is 6.92 Å². The molecule has 0 radical (unpaired) electrons. The maximum absolute atomic E-state index is 12.4. The summed E-state index contributed by atoms with van der Waals surface area (Å²) in [7, 11) is 2.04. The Morgan fingerprint density at radius 2 is 2.07 bits per heavy atom. The maximum atomic E-state index is 12.4. The van der Waals surface area contributed by atoms with Gasteiger partial charge in [-0.3, -0.25) is 4.79 Å². The van der Waals surface area contributed by atoms with Gasteiger partial charge in [0.15, 0.2) is 5.82 Å². The molecular formula is C21H21N5O. The first-order valence-corrected chi connectivity index (χ1v) is 9.27. The van der Waals surface area contributed by atoms with Gasteiger partial charge in [0.05, 0.1) is 16.8 Å². The van der Waals surface area contributed by atoms with Crippen LogP contribution in [0.3, 0.4) is 0 Å². The summed E-state index contributed by atoms with van der Waals surface area (Å²) in [6.45, 7) is 3.42. The van der Waals surface area contributed by atoms with Gasteiger partial charge < -0.3 is 15.2 Å². The minimum Gasteiger partial charge on any atom is -0.357 e. The van der Waals surface area contributed by atoms with E-state index in [4.69, 9.17) is 9.97 Å². The molecule has 27 heavy (non-hydrogen) atoms. The zero-order valence-electron chi connectivity index (χ0n) is 15.4. The second-order valence-corrected chi connectivity index (χ2v) is 7.31. The zero-order chi connectivity index (χ0) is 18.5. The van der Waals surface area contributed by atoms with Crippen LogP contribution in [0.1, 0.15) is 34.1 Å². The normalized spacial score (nSPS) is 20.0. The van der Waals surface area contributed by atoms with Crippen molar-refractivity contribution in [2.45, 2.75) is 19.3 Å². The summed E-state index contributed by atoms with van der Waals surface area (Å²) in [6.07, 6.45) is 5.23. The fourth-order valence-electron chi connectivity index (χ4n) is 4.05. The lowest BCUT2D eigenvalue weighted by molar-refractivity contribution is 0.0940. The summed E-state index contributed by atoms with van der Waals surface area (Å²) in [5.41, 5.74) is 6.27. The van der Waals surface area contributed by atoms with Crippen molar-refractivity contribution in [3.63, 3.8) is 0 Å². The van der Waals surface area contributed by atoms with Gasteiger partial charge in [-0.15, -0.1) is 0 Å². The van der Waals surface area contributed by atoms with Crippen molar-refractivity contribution in [2.24, 2.45) is 0 Å². The number of aromatic amines is 1. The van der Waals surface area contributed by atoms with Crippen molar-refractivity contribution in [2.75, 3.05) is 25.0 Å². The summed E-state index contributed by atoms with van der Waals surface area (Å²) in [6, 6.07) is 7.97. The number of anilines is 1. The SMILES string of the molecule is Cc1nc2cccc3c2nc1N(C)C/C=C/C[C@@H]1CNC(=O)c2cc-3[nH]c21. The number of allylic oxidation sites excluding steroid dienone is 1. The number of likely N-dealkylation sites (N-methyl/N-ethyl adjacent to an activating group) is 1. The molecule has 0 aliphatic carbocycles. The van der Waals surface area contributed by atoms with Crippen LogP contribution in [0.5, 0.6) is 0 Å². The molecule has 0 fully saturated rings. The van der Waals surface area contributed by atoms with E-state index in [1.165, 1.54) is 0 Å². The molecule has 6 heteroatoms. The smallest absolute Gasteiger partial charge is 0.253 e. The molecule has 5 rings (SSSR count). The minimum absolute atomic E-state index is 0.0117. The van der Waals surface area contributed by atoms with Gasteiger partial charge in [0, 0.05) is 43.0 Å². The van der Waals surface area contributed by atoms with Crippen LogP contribution in [0.2, 0.25) is 0 Å². The number of para-hydroxylation sites is 1. The highest BCUT2D eigenvalue weighted by Gasteiger charge is 2.28. The van der Waals surface area contributed by atoms with Crippen LogP contribution >= 0.6 is 0 Å². The fraction of sp³-hybridized carbons (Fsp3) is 0.286. The third-order valence-corrected chi connectivity index (χ3v) is 5.47. The van der Waals surface area contributed by atoms with Gasteiger partial charge in [0.25, 0.3) is 5.91 Å². The first-order chi connectivity index (χ1) is 13.1. The van der Waals surface area contributed by atoms with E-state index in [0.29, 0.717) is 6.54 Å². The molecule has 6 nitrogen and oxygen atoms in total. The molecule has 3 aromatic rings. The molecule has 2 N–H and O–H groups in total. The number of benzene rings is 1. The van der Waals surface area contributed by atoms with Gasteiger partial charge in [-0.1, -0.05) is 24.3 Å². The summed E-state index contributed by atoms with van der Waals surface area (Å²) in [4.78, 5) is 27.8. The van der Waals surface area contributed by atoms with E-state index < -0.39 is 0 Å². The second-order valence-electron chi connectivity index (χ2n) is 7.31. The Balaban J connectivity index is 1.81. The Morgan fingerprint density at radius 3 is 2.96 bits per heavy atom. The highest BCUT2D eigenvalue weighted by atomic mass is 16.1. The van der Waals surface area contributed by atoms with Crippen LogP contribution in [0.15, 0.2) is 36.4 Å². The van der Waals surface area contributed by atoms with E-state index in [-0.39, 0.29) is 11.8 Å². The molecule has 1 aromatic carbocycles. The number of hydrogen-bond acceptors (Lipinski definition) is 4. The lowest BCUT2D eigenvalue weighted by Gasteiger charge is -2.22. The van der Waals surface area contributed by atoms with Crippen LogP contribution < -0.4 is 10.2 Å². The van der Waals surface area contributed by atoms with Gasteiger partial charge in [-0.25, -0.2) is 9.97 Å². The maximum Gasteiger partial charge on any atom is 0.253 e. The number of H-pyrrole nitrogens is 1. The molecule has 136 valence electrons. The highest BCUT2D eigenvalue weighted by molar-refractivity contribution is 6.00. The molecule has 1 atom stereocenters. The lowest BCUT2D eigenvalue weighted by Crippen LogP contribution is -2.34. The number of nitrogens with one attached hydrogen (secondary N) is 2. The molecule has 0 unspecified atom stereocenters. The first-order valence-electron chi connectivity index (χ1n) is 9.27. The van der Waals surface area contributed by atoms with Crippen LogP contribution in [-0.2, 0) is 0 Å². The zero-order valence-corrected chi connectivity index (χ0v) is 15.4. The molecular weight excluding hydrogens is 338 g/mol. The number of carbonyl (C=O) groups is 1. The summed E-state index contributed by atoms with van der Waals surface area (Å²) in [5.74, 6) is 1.12. The van der Waals surface area contributed by atoms with Crippen LogP contribution in [0.25, 0.3) is 22.3 Å². The number of aromatic nitrogens is 3. The van der Waals surface area contributed by atoms with E-state index in [1.807, 2.05) is 38.2 Å². The van der Waals surface area contributed by atoms with Crippen molar-refractivity contribution >= 4 is 22.8 Å². The molecule has 0 saturated carbocycles.